The highest BCUT2D eigenvalue weighted by Crippen LogP contribution is 2.40. The van der Waals surface area contributed by atoms with Gasteiger partial charge in [-0.25, -0.2) is 9.97 Å². The highest BCUT2D eigenvalue weighted by atomic mass is 15.3. The first-order chi connectivity index (χ1) is 12.3. The van der Waals surface area contributed by atoms with E-state index >= 15 is 0 Å². The van der Waals surface area contributed by atoms with Gasteiger partial charge in [0.25, 0.3) is 0 Å². The first kappa shape index (κ1) is 14.4. The molecule has 1 aliphatic heterocycles. The van der Waals surface area contributed by atoms with Crippen molar-refractivity contribution in [3.8, 4) is 0 Å². The molecule has 2 aromatic heterocycles. The molecule has 2 aromatic carbocycles. The molecule has 1 fully saturated rings. The standard InChI is InChI=1S/C20H19N5/c1-24-19-17(12-23-24)20(22-13-21-19)25-11-5-10-18(25)16-9-4-7-14-6-2-3-8-15(14)16/h2-4,6-9,12-13,18H,5,10-11H2,1H3. The van der Waals surface area contributed by atoms with Crippen LogP contribution in [-0.2, 0) is 7.05 Å². The van der Waals surface area contributed by atoms with Crippen LogP contribution < -0.4 is 4.90 Å². The van der Waals surface area contributed by atoms with Crippen LogP contribution in [0.4, 0.5) is 5.82 Å². The molecular weight excluding hydrogens is 310 g/mol. The Morgan fingerprint density at radius 3 is 2.84 bits per heavy atom. The number of fused-ring (bicyclic) bond motifs is 2. The minimum atomic E-state index is 0.337. The van der Waals surface area contributed by atoms with Crippen molar-refractivity contribution in [3.63, 3.8) is 0 Å². The molecule has 0 spiro atoms. The van der Waals surface area contributed by atoms with Gasteiger partial charge in [0.1, 0.15) is 12.1 Å². The number of anilines is 1. The fraction of sp³-hybridized carbons (Fsp3) is 0.250. The van der Waals surface area contributed by atoms with Crippen molar-refractivity contribution in [2.75, 3.05) is 11.4 Å². The molecule has 1 saturated heterocycles. The van der Waals surface area contributed by atoms with Crippen molar-refractivity contribution in [2.24, 2.45) is 7.05 Å². The number of aromatic nitrogens is 4. The van der Waals surface area contributed by atoms with Crippen molar-refractivity contribution < 1.29 is 0 Å². The fourth-order valence-electron chi connectivity index (χ4n) is 4.06. The van der Waals surface area contributed by atoms with Gasteiger partial charge in [-0.2, -0.15) is 5.10 Å². The fourth-order valence-corrected chi connectivity index (χ4v) is 4.06. The quantitative estimate of drug-likeness (QED) is 0.560. The third kappa shape index (κ3) is 2.19. The number of hydrogen-bond acceptors (Lipinski definition) is 4. The lowest BCUT2D eigenvalue weighted by Gasteiger charge is -2.27. The number of nitrogens with zero attached hydrogens (tertiary/aromatic N) is 5. The third-order valence-electron chi connectivity index (χ3n) is 5.22. The van der Waals surface area contributed by atoms with Gasteiger partial charge in [0.2, 0.25) is 0 Å². The van der Waals surface area contributed by atoms with Gasteiger partial charge >= 0.3 is 0 Å². The van der Waals surface area contributed by atoms with Crippen molar-refractivity contribution in [2.45, 2.75) is 18.9 Å². The van der Waals surface area contributed by atoms with Gasteiger partial charge in [0.05, 0.1) is 17.6 Å². The molecule has 124 valence electrons. The lowest BCUT2D eigenvalue weighted by Crippen LogP contribution is -2.24. The summed E-state index contributed by atoms with van der Waals surface area (Å²) in [5.74, 6) is 0.994. The number of rotatable bonds is 2. The lowest BCUT2D eigenvalue weighted by molar-refractivity contribution is 0.718. The summed E-state index contributed by atoms with van der Waals surface area (Å²) in [4.78, 5) is 11.4. The van der Waals surface area contributed by atoms with Gasteiger partial charge in [-0.15, -0.1) is 0 Å². The molecule has 25 heavy (non-hydrogen) atoms. The van der Waals surface area contributed by atoms with Crippen LogP contribution in [0, 0.1) is 0 Å². The molecule has 0 N–H and O–H groups in total. The van der Waals surface area contributed by atoms with Crippen LogP contribution >= 0.6 is 0 Å². The Bertz CT molecular complexity index is 1060. The van der Waals surface area contributed by atoms with Crippen molar-refractivity contribution in [3.05, 3.63) is 60.6 Å². The average molecular weight is 329 g/mol. The first-order valence-corrected chi connectivity index (χ1v) is 8.70. The first-order valence-electron chi connectivity index (χ1n) is 8.70. The van der Waals surface area contributed by atoms with Crippen molar-refractivity contribution >= 4 is 27.6 Å². The summed E-state index contributed by atoms with van der Waals surface area (Å²) in [5.41, 5.74) is 2.26. The Labute approximate surface area is 145 Å². The van der Waals surface area contributed by atoms with E-state index in [-0.39, 0.29) is 0 Å². The maximum atomic E-state index is 4.62. The maximum Gasteiger partial charge on any atom is 0.163 e. The molecule has 0 radical (unpaired) electrons. The Kier molecular flexibility index (Phi) is 3.20. The molecule has 0 saturated carbocycles. The molecule has 1 atom stereocenters. The molecule has 1 aliphatic rings. The maximum absolute atomic E-state index is 4.62. The topological polar surface area (TPSA) is 46.8 Å². The van der Waals surface area contributed by atoms with Crippen LogP contribution in [0.2, 0.25) is 0 Å². The van der Waals surface area contributed by atoms with E-state index in [9.17, 15) is 0 Å². The van der Waals surface area contributed by atoms with Gasteiger partial charge in [-0.05, 0) is 29.2 Å². The third-order valence-corrected chi connectivity index (χ3v) is 5.22. The summed E-state index contributed by atoms with van der Waals surface area (Å²) in [5, 5.41) is 8.01. The summed E-state index contributed by atoms with van der Waals surface area (Å²) in [7, 11) is 1.92. The molecule has 0 amide bonds. The SMILES string of the molecule is Cn1ncc2c(N3CCCC3c3cccc4ccccc34)ncnc21. The molecular formula is C20H19N5. The van der Waals surface area contributed by atoms with E-state index in [0.717, 1.165) is 29.8 Å². The van der Waals surface area contributed by atoms with Gasteiger partial charge < -0.3 is 4.90 Å². The molecule has 0 bridgehead atoms. The van der Waals surface area contributed by atoms with Crippen LogP contribution in [-0.4, -0.2) is 26.3 Å². The van der Waals surface area contributed by atoms with E-state index < -0.39 is 0 Å². The Morgan fingerprint density at radius 2 is 1.88 bits per heavy atom. The van der Waals surface area contributed by atoms with E-state index in [1.807, 2.05) is 17.9 Å². The van der Waals surface area contributed by atoms with Crippen LogP contribution in [0.3, 0.4) is 0 Å². The van der Waals surface area contributed by atoms with Crippen LogP contribution in [0.1, 0.15) is 24.4 Å². The lowest BCUT2D eigenvalue weighted by atomic mass is 9.97. The molecule has 5 nitrogen and oxygen atoms in total. The molecule has 3 heterocycles. The molecule has 5 heteroatoms. The summed E-state index contributed by atoms with van der Waals surface area (Å²) in [6.45, 7) is 1.01. The van der Waals surface area contributed by atoms with Gasteiger partial charge in [0.15, 0.2) is 5.65 Å². The zero-order valence-corrected chi connectivity index (χ0v) is 14.1. The van der Waals surface area contributed by atoms with Gasteiger partial charge in [-0.3, -0.25) is 4.68 Å². The smallest absolute Gasteiger partial charge is 0.163 e. The summed E-state index contributed by atoms with van der Waals surface area (Å²) in [6, 6.07) is 15.6. The highest BCUT2D eigenvalue weighted by Gasteiger charge is 2.30. The van der Waals surface area contributed by atoms with Gasteiger partial charge in [-0.1, -0.05) is 42.5 Å². The summed E-state index contributed by atoms with van der Waals surface area (Å²) < 4.78 is 1.81. The van der Waals surface area contributed by atoms with Crippen LogP contribution in [0.5, 0.6) is 0 Å². The predicted molar refractivity (Wildman–Crippen MR) is 99.6 cm³/mol. The van der Waals surface area contributed by atoms with Crippen LogP contribution in [0.15, 0.2) is 55.0 Å². The Balaban J connectivity index is 1.66. The van der Waals surface area contributed by atoms with Crippen LogP contribution in [0.25, 0.3) is 21.8 Å². The number of aryl methyl sites for hydroxylation is 1. The van der Waals surface area contributed by atoms with E-state index in [1.54, 1.807) is 6.33 Å². The number of benzene rings is 2. The average Bonchev–Trinajstić information content (AvgIpc) is 3.28. The summed E-state index contributed by atoms with van der Waals surface area (Å²) >= 11 is 0. The normalized spacial score (nSPS) is 17.6. The predicted octanol–water partition coefficient (Wildman–Crippen LogP) is 3.86. The van der Waals surface area contributed by atoms with Crippen molar-refractivity contribution in [1.82, 2.24) is 19.7 Å². The summed E-state index contributed by atoms with van der Waals surface area (Å²) in [6.07, 6.45) is 5.83. The van der Waals surface area contributed by atoms with E-state index in [0.29, 0.717) is 6.04 Å². The monoisotopic (exact) mass is 329 g/mol. The van der Waals surface area contributed by atoms with E-state index in [1.165, 1.54) is 22.8 Å². The second-order valence-corrected chi connectivity index (χ2v) is 6.62. The van der Waals surface area contributed by atoms with E-state index in [2.05, 4.69) is 62.4 Å². The Hall–Kier alpha value is -2.95. The largest absolute Gasteiger partial charge is 0.349 e. The van der Waals surface area contributed by atoms with Crippen molar-refractivity contribution in [1.29, 1.82) is 0 Å². The highest BCUT2D eigenvalue weighted by molar-refractivity contribution is 5.89. The minimum absolute atomic E-state index is 0.337. The second kappa shape index (κ2) is 5.55. The number of hydrogen-bond donors (Lipinski definition) is 0. The molecule has 4 aromatic rings. The van der Waals surface area contributed by atoms with Gasteiger partial charge in [0, 0.05) is 13.6 Å². The molecule has 5 rings (SSSR count). The Morgan fingerprint density at radius 1 is 1.00 bits per heavy atom. The van der Waals surface area contributed by atoms with E-state index in [4.69, 9.17) is 0 Å². The minimum Gasteiger partial charge on any atom is -0.349 e. The zero-order valence-electron chi connectivity index (χ0n) is 14.1. The molecule has 1 unspecified atom stereocenters. The second-order valence-electron chi connectivity index (χ2n) is 6.62. The zero-order chi connectivity index (χ0) is 16.8. The molecule has 0 aliphatic carbocycles.